The maximum absolute atomic E-state index is 5.79. The van der Waals surface area contributed by atoms with Crippen LogP contribution >= 0.6 is 27.7 Å². The zero-order valence-electron chi connectivity index (χ0n) is 11.9. The Morgan fingerprint density at radius 3 is 3.00 bits per heavy atom. The van der Waals surface area contributed by atoms with E-state index in [-0.39, 0.29) is 6.04 Å². The van der Waals surface area contributed by atoms with E-state index < -0.39 is 0 Å². The quantitative estimate of drug-likeness (QED) is 0.620. The van der Waals surface area contributed by atoms with Crippen LogP contribution in [0.25, 0.3) is 0 Å². The maximum Gasteiger partial charge on any atom is 0.133 e. The number of methoxy groups -OCH3 is 1. The molecule has 0 aliphatic carbocycles. The largest absolute Gasteiger partial charge is 0.496 e. The first-order valence-electron chi connectivity index (χ1n) is 6.72. The summed E-state index contributed by atoms with van der Waals surface area (Å²) in [5, 5.41) is 0. The lowest BCUT2D eigenvalue weighted by Crippen LogP contribution is -2.55. The highest BCUT2D eigenvalue weighted by atomic mass is 79.9. The molecule has 2 rings (SSSR count). The highest BCUT2D eigenvalue weighted by Crippen LogP contribution is 2.27. The fourth-order valence-corrected chi connectivity index (χ4v) is 4.43. The van der Waals surface area contributed by atoms with Crippen molar-refractivity contribution < 1.29 is 4.74 Å². The van der Waals surface area contributed by atoms with Crippen LogP contribution in [0.15, 0.2) is 22.7 Å². The molecule has 3 N–H and O–H groups in total. The first-order valence-corrected chi connectivity index (χ1v) is 8.67. The second kappa shape index (κ2) is 7.66. The minimum atomic E-state index is 0.257. The number of hydrogen-bond acceptors (Lipinski definition) is 5. The predicted octanol–water partition coefficient (Wildman–Crippen LogP) is 1.88. The summed E-state index contributed by atoms with van der Waals surface area (Å²) in [6.07, 6.45) is 0.911. The van der Waals surface area contributed by atoms with Gasteiger partial charge in [-0.3, -0.25) is 11.3 Å². The molecule has 1 aromatic carbocycles. The van der Waals surface area contributed by atoms with Gasteiger partial charge in [-0.15, -0.1) is 0 Å². The molecular formula is C14H22BrN3OS. The SMILES string of the molecule is COc1ccc(CC(NN)C2CSCCN2C)cc1Br. The van der Waals surface area contributed by atoms with Crippen molar-refractivity contribution in [1.29, 1.82) is 0 Å². The monoisotopic (exact) mass is 359 g/mol. The van der Waals surface area contributed by atoms with E-state index in [4.69, 9.17) is 10.6 Å². The van der Waals surface area contributed by atoms with E-state index in [1.807, 2.05) is 17.8 Å². The van der Waals surface area contributed by atoms with Crippen LogP contribution in [0.3, 0.4) is 0 Å². The molecule has 2 atom stereocenters. The van der Waals surface area contributed by atoms with Crippen molar-refractivity contribution in [3.05, 3.63) is 28.2 Å². The topological polar surface area (TPSA) is 50.5 Å². The van der Waals surface area contributed by atoms with Gasteiger partial charge in [-0.2, -0.15) is 11.8 Å². The Balaban J connectivity index is 2.07. The smallest absolute Gasteiger partial charge is 0.133 e. The van der Waals surface area contributed by atoms with Gasteiger partial charge in [0, 0.05) is 30.1 Å². The van der Waals surface area contributed by atoms with Crippen LogP contribution < -0.4 is 16.0 Å². The van der Waals surface area contributed by atoms with Crippen molar-refractivity contribution in [1.82, 2.24) is 10.3 Å². The van der Waals surface area contributed by atoms with E-state index in [9.17, 15) is 0 Å². The van der Waals surface area contributed by atoms with Crippen molar-refractivity contribution in [2.45, 2.75) is 18.5 Å². The van der Waals surface area contributed by atoms with Crippen molar-refractivity contribution in [3.63, 3.8) is 0 Å². The number of ether oxygens (including phenoxy) is 1. The van der Waals surface area contributed by atoms with Gasteiger partial charge >= 0.3 is 0 Å². The molecule has 1 fully saturated rings. The minimum Gasteiger partial charge on any atom is -0.496 e. The second-order valence-corrected chi connectivity index (χ2v) is 7.07. The Morgan fingerprint density at radius 1 is 1.60 bits per heavy atom. The summed E-state index contributed by atoms with van der Waals surface area (Å²) in [4.78, 5) is 2.40. The zero-order chi connectivity index (χ0) is 14.5. The molecule has 1 aliphatic rings. The Kier molecular flexibility index (Phi) is 6.17. The molecular weight excluding hydrogens is 338 g/mol. The fourth-order valence-electron chi connectivity index (χ4n) is 2.53. The molecule has 1 aromatic rings. The van der Waals surface area contributed by atoms with Gasteiger partial charge in [0.1, 0.15) is 5.75 Å². The van der Waals surface area contributed by atoms with Crippen LogP contribution in [-0.4, -0.2) is 49.2 Å². The third-order valence-corrected chi connectivity index (χ3v) is 5.46. The van der Waals surface area contributed by atoms with E-state index in [0.29, 0.717) is 6.04 Å². The van der Waals surface area contributed by atoms with Crippen molar-refractivity contribution >= 4 is 27.7 Å². The molecule has 6 heteroatoms. The lowest BCUT2D eigenvalue weighted by atomic mass is 10.00. The number of benzene rings is 1. The Morgan fingerprint density at radius 2 is 2.40 bits per heavy atom. The van der Waals surface area contributed by atoms with Gasteiger partial charge in [0.2, 0.25) is 0 Å². The summed E-state index contributed by atoms with van der Waals surface area (Å²) in [5.41, 5.74) is 4.25. The summed E-state index contributed by atoms with van der Waals surface area (Å²) >= 11 is 5.54. The number of nitrogens with zero attached hydrogens (tertiary/aromatic N) is 1. The number of nitrogens with one attached hydrogen (secondary N) is 1. The molecule has 0 saturated carbocycles. The molecule has 112 valence electrons. The minimum absolute atomic E-state index is 0.257. The maximum atomic E-state index is 5.79. The van der Waals surface area contributed by atoms with Crippen LogP contribution in [0.4, 0.5) is 0 Å². The fraction of sp³-hybridized carbons (Fsp3) is 0.571. The van der Waals surface area contributed by atoms with E-state index in [1.165, 1.54) is 11.3 Å². The summed E-state index contributed by atoms with van der Waals surface area (Å²) in [6.45, 7) is 1.12. The number of rotatable bonds is 5. The van der Waals surface area contributed by atoms with Gasteiger partial charge in [-0.25, -0.2) is 0 Å². The van der Waals surface area contributed by atoms with Crippen LogP contribution in [-0.2, 0) is 6.42 Å². The van der Waals surface area contributed by atoms with Crippen LogP contribution in [0.1, 0.15) is 5.56 Å². The van der Waals surface area contributed by atoms with Crippen LogP contribution in [0, 0.1) is 0 Å². The number of likely N-dealkylation sites (N-methyl/N-ethyl adjacent to an activating group) is 1. The number of nitrogens with two attached hydrogens (primary N) is 1. The van der Waals surface area contributed by atoms with E-state index in [1.54, 1.807) is 7.11 Å². The molecule has 4 nitrogen and oxygen atoms in total. The van der Waals surface area contributed by atoms with Crippen molar-refractivity contribution in [2.24, 2.45) is 5.84 Å². The molecule has 0 amide bonds. The molecule has 0 radical (unpaired) electrons. The van der Waals surface area contributed by atoms with E-state index >= 15 is 0 Å². The van der Waals surface area contributed by atoms with E-state index in [2.05, 4.69) is 45.4 Å². The highest BCUT2D eigenvalue weighted by Gasteiger charge is 2.27. The van der Waals surface area contributed by atoms with Gasteiger partial charge in [0.15, 0.2) is 0 Å². The Bertz CT molecular complexity index is 446. The van der Waals surface area contributed by atoms with E-state index in [0.717, 1.165) is 28.9 Å². The molecule has 1 aliphatic heterocycles. The number of halogens is 1. The van der Waals surface area contributed by atoms with Crippen LogP contribution in [0.2, 0.25) is 0 Å². The number of hydrazine groups is 1. The average molecular weight is 360 g/mol. The predicted molar refractivity (Wildman–Crippen MR) is 89.3 cm³/mol. The molecule has 0 spiro atoms. The third kappa shape index (κ3) is 3.89. The van der Waals surface area contributed by atoms with Gasteiger partial charge in [-0.05, 0) is 47.1 Å². The van der Waals surface area contributed by atoms with Crippen LogP contribution in [0.5, 0.6) is 5.75 Å². The molecule has 1 saturated heterocycles. The first kappa shape index (κ1) is 16.1. The lowest BCUT2D eigenvalue weighted by Gasteiger charge is -2.37. The number of hydrogen-bond donors (Lipinski definition) is 2. The van der Waals surface area contributed by atoms with Crippen molar-refractivity contribution in [2.75, 3.05) is 32.2 Å². The normalized spacial score (nSPS) is 21.7. The average Bonchev–Trinajstić information content (AvgIpc) is 2.46. The molecule has 0 bridgehead atoms. The first-order chi connectivity index (χ1) is 9.65. The van der Waals surface area contributed by atoms with Gasteiger partial charge in [0.05, 0.1) is 11.6 Å². The summed E-state index contributed by atoms with van der Waals surface area (Å²) in [5.74, 6) is 8.98. The second-order valence-electron chi connectivity index (χ2n) is 5.07. The Labute approximate surface area is 133 Å². The molecule has 2 unspecified atom stereocenters. The highest BCUT2D eigenvalue weighted by molar-refractivity contribution is 9.10. The summed E-state index contributed by atoms with van der Waals surface area (Å²) < 4.78 is 6.25. The molecule has 0 aromatic heterocycles. The lowest BCUT2D eigenvalue weighted by molar-refractivity contribution is 0.214. The zero-order valence-corrected chi connectivity index (χ0v) is 14.3. The number of thioether (sulfide) groups is 1. The molecule has 1 heterocycles. The van der Waals surface area contributed by atoms with Gasteiger partial charge in [0.25, 0.3) is 0 Å². The third-order valence-electron chi connectivity index (χ3n) is 3.79. The summed E-state index contributed by atoms with van der Waals surface area (Å²) in [7, 11) is 3.86. The van der Waals surface area contributed by atoms with Gasteiger partial charge < -0.3 is 9.64 Å². The van der Waals surface area contributed by atoms with Gasteiger partial charge in [-0.1, -0.05) is 6.07 Å². The molecule has 20 heavy (non-hydrogen) atoms. The Hall–Kier alpha value is -0.270. The van der Waals surface area contributed by atoms with Crippen molar-refractivity contribution in [3.8, 4) is 5.75 Å². The standard InChI is InChI=1S/C14H22BrN3OS/c1-18-5-6-20-9-13(18)12(17-16)8-10-3-4-14(19-2)11(15)7-10/h3-4,7,12-13,17H,5-6,8-9,16H2,1-2H3. The summed E-state index contributed by atoms with van der Waals surface area (Å²) in [6, 6.07) is 6.93.